The van der Waals surface area contributed by atoms with Crippen molar-refractivity contribution in [2.24, 2.45) is 4.99 Å². The fourth-order valence-electron chi connectivity index (χ4n) is 3.38. The van der Waals surface area contributed by atoms with E-state index in [2.05, 4.69) is 19.0 Å². The van der Waals surface area contributed by atoms with Crippen molar-refractivity contribution in [2.75, 3.05) is 5.75 Å². The van der Waals surface area contributed by atoms with Gasteiger partial charge in [-0.3, -0.25) is 14.7 Å². The van der Waals surface area contributed by atoms with Crippen molar-refractivity contribution in [3.8, 4) is 11.3 Å². The van der Waals surface area contributed by atoms with Crippen molar-refractivity contribution < 1.29 is 9.32 Å². The summed E-state index contributed by atoms with van der Waals surface area (Å²) in [6.45, 7) is 6.45. The van der Waals surface area contributed by atoms with Gasteiger partial charge in [0, 0.05) is 11.3 Å². The second-order valence-electron chi connectivity index (χ2n) is 7.65. The van der Waals surface area contributed by atoms with Crippen LogP contribution in [-0.2, 0) is 6.54 Å². The van der Waals surface area contributed by atoms with E-state index in [0.29, 0.717) is 23.6 Å². The van der Waals surface area contributed by atoms with E-state index in [0.717, 1.165) is 22.0 Å². The normalized spacial score (nSPS) is 17.1. The first-order valence-electron chi connectivity index (χ1n) is 9.55. The van der Waals surface area contributed by atoms with Crippen LogP contribution in [-0.4, -0.2) is 32.4 Å². The molecule has 1 aliphatic heterocycles. The lowest BCUT2D eigenvalue weighted by Crippen LogP contribution is -2.46. The van der Waals surface area contributed by atoms with Gasteiger partial charge in [-0.25, -0.2) is 0 Å². The Balaban J connectivity index is 1.70. The Bertz CT molecular complexity index is 1040. The summed E-state index contributed by atoms with van der Waals surface area (Å²) in [6.07, 6.45) is 0. The quantitative estimate of drug-likeness (QED) is 0.600. The average Bonchev–Trinajstić information content (AvgIpc) is 3.26. The molecule has 0 bridgehead atoms. The summed E-state index contributed by atoms with van der Waals surface area (Å²) in [5.74, 6) is 1.19. The number of carbonyl (C=O) groups is 1. The zero-order valence-corrected chi connectivity index (χ0v) is 17.6. The molecular formula is C23H23N3O2S. The molecule has 0 spiro atoms. The maximum absolute atomic E-state index is 13.7. The van der Waals surface area contributed by atoms with Gasteiger partial charge in [-0.1, -0.05) is 77.6 Å². The largest absolute Gasteiger partial charge is 0.360 e. The van der Waals surface area contributed by atoms with Gasteiger partial charge in [0.25, 0.3) is 5.91 Å². The molecule has 5 nitrogen and oxygen atoms in total. The van der Waals surface area contributed by atoms with Crippen molar-refractivity contribution >= 4 is 22.8 Å². The van der Waals surface area contributed by atoms with Gasteiger partial charge in [0.1, 0.15) is 17.0 Å². The summed E-state index contributed by atoms with van der Waals surface area (Å²) in [7, 11) is 0. The standard InChI is InChI=1S/C23H23N3O2S/c1-16-19(20(25-28-16)18-12-8-5-9-13-18)21(27)26-22(29-15-23(26,2)3)24-14-17-10-6-4-7-11-17/h4-13H,14-15H2,1-3H3. The maximum Gasteiger partial charge on any atom is 0.266 e. The molecular weight excluding hydrogens is 382 g/mol. The van der Waals surface area contributed by atoms with Crippen molar-refractivity contribution in [3.05, 3.63) is 77.6 Å². The Kier molecular flexibility index (Phi) is 5.28. The lowest BCUT2D eigenvalue weighted by molar-refractivity contribution is 0.0765. The lowest BCUT2D eigenvalue weighted by atomic mass is 10.0. The fraction of sp³-hybridized carbons (Fsp3) is 0.261. The average molecular weight is 406 g/mol. The molecule has 1 saturated heterocycles. The molecule has 4 rings (SSSR count). The minimum absolute atomic E-state index is 0.121. The number of hydrogen-bond acceptors (Lipinski definition) is 5. The summed E-state index contributed by atoms with van der Waals surface area (Å²) in [4.78, 5) is 20.3. The van der Waals surface area contributed by atoms with Crippen LogP contribution in [0.2, 0.25) is 0 Å². The molecule has 2 heterocycles. The number of amidine groups is 1. The third-order valence-electron chi connectivity index (χ3n) is 4.92. The first-order valence-corrected chi connectivity index (χ1v) is 10.5. The molecule has 3 aromatic rings. The van der Waals surface area contributed by atoms with Gasteiger partial charge < -0.3 is 4.52 Å². The van der Waals surface area contributed by atoms with Crippen LogP contribution in [0.3, 0.4) is 0 Å². The highest BCUT2D eigenvalue weighted by molar-refractivity contribution is 8.14. The number of amides is 1. The van der Waals surface area contributed by atoms with Gasteiger partial charge >= 0.3 is 0 Å². The predicted molar refractivity (Wildman–Crippen MR) is 117 cm³/mol. The summed E-state index contributed by atoms with van der Waals surface area (Å²) in [5, 5.41) is 4.91. The minimum atomic E-state index is -0.352. The number of hydrogen-bond donors (Lipinski definition) is 0. The first kappa shape index (κ1) is 19.5. The third-order valence-corrected chi connectivity index (χ3v) is 6.34. The predicted octanol–water partition coefficient (Wildman–Crippen LogP) is 5.17. The van der Waals surface area contributed by atoms with Crippen LogP contribution in [0.15, 0.2) is 70.2 Å². The molecule has 1 fully saturated rings. The van der Waals surface area contributed by atoms with Gasteiger partial charge in [0.15, 0.2) is 5.17 Å². The second-order valence-corrected chi connectivity index (χ2v) is 8.60. The van der Waals surface area contributed by atoms with Crippen molar-refractivity contribution in [1.29, 1.82) is 0 Å². The van der Waals surface area contributed by atoms with Crippen LogP contribution in [0.4, 0.5) is 0 Å². The van der Waals surface area contributed by atoms with Crippen LogP contribution in [0.5, 0.6) is 0 Å². The molecule has 1 aromatic heterocycles. The molecule has 0 unspecified atom stereocenters. The van der Waals surface area contributed by atoms with Gasteiger partial charge in [-0.05, 0) is 26.3 Å². The van der Waals surface area contributed by atoms with Crippen molar-refractivity contribution in [1.82, 2.24) is 10.1 Å². The Hall–Kier alpha value is -2.86. The summed E-state index contributed by atoms with van der Waals surface area (Å²) in [5.41, 5.74) is 2.70. The molecule has 0 N–H and O–H groups in total. The van der Waals surface area contributed by atoms with E-state index >= 15 is 0 Å². The highest BCUT2D eigenvalue weighted by atomic mass is 32.2. The Morgan fingerprint density at radius 2 is 1.79 bits per heavy atom. The summed E-state index contributed by atoms with van der Waals surface area (Å²) >= 11 is 1.61. The molecule has 0 saturated carbocycles. The smallest absolute Gasteiger partial charge is 0.266 e. The topological polar surface area (TPSA) is 58.7 Å². The van der Waals surface area contributed by atoms with Gasteiger partial charge in [-0.15, -0.1) is 0 Å². The van der Waals surface area contributed by atoms with E-state index in [1.54, 1.807) is 23.6 Å². The van der Waals surface area contributed by atoms with E-state index in [1.165, 1.54) is 0 Å². The van der Waals surface area contributed by atoms with Crippen LogP contribution in [0, 0.1) is 6.92 Å². The van der Waals surface area contributed by atoms with Crippen LogP contribution in [0.25, 0.3) is 11.3 Å². The first-order chi connectivity index (χ1) is 14.0. The molecule has 0 radical (unpaired) electrons. The highest BCUT2D eigenvalue weighted by Gasteiger charge is 2.43. The Labute approximate surface area is 174 Å². The summed E-state index contributed by atoms with van der Waals surface area (Å²) in [6, 6.07) is 19.7. The SMILES string of the molecule is Cc1onc(-c2ccccc2)c1C(=O)N1C(=NCc2ccccc2)SCC1(C)C. The maximum atomic E-state index is 13.7. The molecule has 148 valence electrons. The number of aryl methyl sites for hydroxylation is 1. The van der Waals surface area contributed by atoms with Gasteiger partial charge in [0.2, 0.25) is 0 Å². The zero-order chi connectivity index (χ0) is 20.4. The van der Waals surface area contributed by atoms with Crippen LogP contribution in [0.1, 0.15) is 35.5 Å². The fourth-order valence-corrected chi connectivity index (χ4v) is 4.60. The third kappa shape index (κ3) is 3.85. The number of aliphatic imine (C=N–C) groups is 1. The molecule has 0 atom stereocenters. The monoisotopic (exact) mass is 405 g/mol. The Morgan fingerprint density at radius 1 is 1.14 bits per heavy atom. The van der Waals surface area contributed by atoms with Crippen LogP contribution < -0.4 is 0 Å². The molecule has 2 aromatic carbocycles. The molecule has 6 heteroatoms. The van der Waals surface area contributed by atoms with Gasteiger partial charge in [0.05, 0.1) is 12.1 Å². The highest BCUT2D eigenvalue weighted by Crippen LogP contribution is 2.36. The summed E-state index contributed by atoms with van der Waals surface area (Å²) < 4.78 is 5.42. The number of aromatic nitrogens is 1. The van der Waals surface area contributed by atoms with Gasteiger partial charge in [-0.2, -0.15) is 0 Å². The van der Waals surface area contributed by atoms with Crippen molar-refractivity contribution in [2.45, 2.75) is 32.9 Å². The van der Waals surface area contributed by atoms with E-state index < -0.39 is 0 Å². The van der Waals surface area contributed by atoms with Crippen LogP contribution >= 0.6 is 11.8 Å². The molecule has 1 aliphatic rings. The van der Waals surface area contributed by atoms with Crippen molar-refractivity contribution in [3.63, 3.8) is 0 Å². The van der Waals surface area contributed by atoms with E-state index in [1.807, 2.05) is 60.7 Å². The number of benzene rings is 2. The number of rotatable bonds is 4. The number of nitrogens with zero attached hydrogens (tertiary/aromatic N) is 3. The molecule has 1 amide bonds. The lowest BCUT2D eigenvalue weighted by Gasteiger charge is -2.30. The zero-order valence-electron chi connectivity index (χ0n) is 16.8. The number of thioether (sulfide) groups is 1. The molecule has 0 aliphatic carbocycles. The molecule has 29 heavy (non-hydrogen) atoms. The second kappa shape index (κ2) is 7.87. The minimum Gasteiger partial charge on any atom is -0.360 e. The Morgan fingerprint density at radius 3 is 2.48 bits per heavy atom. The van der Waals surface area contributed by atoms with E-state index in [4.69, 9.17) is 9.52 Å². The number of carbonyl (C=O) groups excluding carboxylic acids is 1. The van der Waals surface area contributed by atoms with E-state index in [9.17, 15) is 4.79 Å². The van der Waals surface area contributed by atoms with E-state index in [-0.39, 0.29) is 11.4 Å².